The van der Waals surface area contributed by atoms with Gasteiger partial charge in [-0.2, -0.15) is 0 Å². The molecule has 1 fully saturated rings. The zero-order chi connectivity index (χ0) is 18.6. The van der Waals surface area contributed by atoms with E-state index in [4.69, 9.17) is 24.8 Å². The predicted octanol–water partition coefficient (Wildman–Crippen LogP) is -5.67. The molecule has 142 valence electrons. The molecule has 0 amide bonds. The summed E-state index contributed by atoms with van der Waals surface area (Å²) in [6.07, 6.45) is -16.9. The lowest BCUT2D eigenvalue weighted by Gasteiger charge is -2.42. The molecular weight excluding hydrogens is 336 g/mol. The highest BCUT2D eigenvalue weighted by Crippen LogP contribution is 2.24. The number of aliphatic carboxylic acids is 1. The van der Waals surface area contributed by atoms with Gasteiger partial charge in [-0.1, -0.05) is 0 Å². The summed E-state index contributed by atoms with van der Waals surface area (Å²) in [6.45, 7) is -1.76. The van der Waals surface area contributed by atoms with Crippen molar-refractivity contribution in [2.75, 3.05) is 13.2 Å². The first-order chi connectivity index (χ1) is 11.1. The zero-order valence-corrected chi connectivity index (χ0v) is 12.4. The van der Waals surface area contributed by atoms with Crippen LogP contribution in [0.5, 0.6) is 0 Å². The topological polar surface area (TPSA) is 218 Å². The van der Waals surface area contributed by atoms with Gasteiger partial charge in [-0.3, -0.25) is 0 Å². The van der Waals surface area contributed by atoms with Crippen LogP contribution in [-0.2, 0) is 14.3 Å². The largest absolute Gasteiger partial charge is 0.479 e. The van der Waals surface area contributed by atoms with Gasteiger partial charge in [-0.15, -0.1) is 0 Å². The van der Waals surface area contributed by atoms with Crippen molar-refractivity contribution in [1.82, 2.24) is 0 Å². The van der Waals surface area contributed by atoms with Crippen molar-refractivity contribution >= 4 is 5.97 Å². The highest BCUT2D eigenvalue weighted by Gasteiger charge is 2.47. The quantitative estimate of drug-likeness (QED) is 0.198. The molecule has 1 aliphatic heterocycles. The molecule has 0 radical (unpaired) electrons. The third-order valence-electron chi connectivity index (χ3n) is 3.62. The van der Waals surface area contributed by atoms with Crippen LogP contribution in [0.4, 0.5) is 0 Å². The Kier molecular flexibility index (Phi) is 7.88. The Labute approximate surface area is 135 Å². The first kappa shape index (κ1) is 21.1. The maximum Gasteiger partial charge on any atom is 0.335 e. The third kappa shape index (κ3) is 4.58. The lowest BCUT2D eigenvalue weighted by atomic mass is 9.98. The minimum absolute atomic E-state index is 0.766. The molecular formula is C12H22O12. The molecule has 1 aliphatic rings. The fourth-order valence-electron chi connectivity index (χ4n) is 2.16. The minimum Gasteiger partial charge on any atom is -0.479 e. The summed E-state index contributed by atoms with van der Waals surface area (Å²) in [5.74, 6) is -1.84. The third-order valence-corrected chi connectivity index (χ3v) is 3.62. The summed E-state index contributed by atoms with van der Waals surface area (Å²) in [6, 6.07) is 0. The fourth-order valence-corrected chi connectivity index (χ4v) is 2.16. The normalized spacial score (nSPS) is 35.9. The van der Waals surface area contributed by atoms with Crippen LogP contribution in [0.2, 0.25) is 0 Å². The van der Waals surface area contributed by atoms with Crippen molar-refractivity contribution < 1.29 is 60.2 Å². The number of carboxylic acids is 1. The second kappa shape index (κ2) is 8.96. The summed E-state index contributed by atoms with van der Waals surface area (Å²) in [4.78, 5) is 10.7. The number of aliphatic hydroxyl groups is 8. The summed E-state index contributed by atoms with van der Waals surface area (Å²) in [5, 5.41) is 84.5. The molecule has 24 heavy (non-hydrogen) atoms. The smallest absolute Gasteiger partial charge is 0.335 e. The minimum atomic E-state index is -2.39. The number of aliphatic hydroxyl groups excluding tert-OH is 8. The van der Waals surface area contributed by atoms with Crippen molar-refractivity contribution in [3.63, 3.8) is 0 Å². The van der Waals surface area contributed by atoms with Crippen LogP contribution >= 0.6 is 0 Å². The van der Waals surface area contributed by atoms with Crippen molar-refractivity contribution in [2.24, 2.45) is 0 Å². The molecule has 0 aliphatic carbocycles. The van der Waals surface area contributed by atoms with Crippen LogP contribution in [0.15, 0.2) is 0 Å². The molecule has 1 heterocycles. The average molecular weight is 358 g/mol. The number of hydrogen-bond acceptors (Lipinski definition) is 11. The molecule has 1 saturated heterocycles. The summed E-state index contributed by atoms with van der Waals surface area (Å²) >= 11 is 0. The van der Waals surface area contributed by atoms with E-state index in [1.54, 1.807) is 0 Å². The van der Waals surface area contributed by atoms with E-state index in [1.807, 2.05) is 0 Å². The summed E-state index contributed by atoms with van der Waals surface area (Å²) in [5.41, 5.74) is 0. The molecule has 0 aromatic carbocycles. The number of carbonyl (C=O) groups is 1. The molecule has 12 heteroatoms. The zero-order valence-electron chi connectivity index (χ0n) is 12.4. The van der Waals surface area contributed by atoms with Crippen molar-refractivity contribution in [2.45, 2.75) is 55.1 Å². The van der Waals surface area contributed by atoms with Crippen LogP contribution in [0, 0.1) is 0 Å². The van der Waals surface area contributed by atoms with Crippen LogP contribution in [0.3, 0.4) is 0 Å². The molecule has 0 aromatic rings. The number of rotatable bonds is 8. The molecule has 9 atom stereocenters. The van der Waals surface area contributed by atoms with Gasteiger partial charge >= 0.3 is 5.97 Å². The van der Waals surface area contributed by atoms with E-state index in [-0.39, 0.29) is 0 Å². The highest BCUT2D eigenvalue weighted by atomic mass is 16.7. The maximum atomic E-state index is 10.7. The van der Waals surface area contributed by atoms with E-state index in [0.717, 1.165) is 0 Å². The van der Waals surface area contributed by atoms with E-state index in [0.29, 0.717) is 0 Å². The second-order valence-corrected chi connectivity index (χ2v) is 5.32. The molecule has 9 N–H and O–H groups in total. The van der Waals surface area contributed by atoms with Crippen LogP contribution in [0.25, 0.3) is 0 Å². The Bertz CT molecular complexity index is 403. The lowest BCUT2D eigenvalue weighted by Crippen LogP contribution is -2.61. The lowest BCUT2D eigenvalue weighted by molar-refractivity contribution is -0.326. The number of carboxylic acid groups (broad SMARTS) is 1. The van der Waals surface area contributed by atoms with Gasteiger partial charge in [0.05, 0.1) is 13.2 Å². The Morgan fingerprint density at radius 2 is 1.62 bits per heavy atom. The van der Waals surface area contributed by atoms with Gasteiger partial charge in [0, 0.05) is 0 Å². The average Bonchev–Trinajstić information content (AvgIpc) is 2.57. The van der Waals surface area contributed by atoms with E-state index in [1.165, 1.54) is 0 Å². The van der Waals surface area contributed by atoms with Gasteiger partial charge in [0.2, 0.25) is 0 Å². The number of hydrogen-bond donors (Lipinski definition) is 9. The Morgan fingerprint density at radius 1 is 1.04 bits per heavy atom. The monoisotopic (exact) mass is 358 g/mol. The van der Waals surface area contributed by atoms with Gasteiger partial charge in [0.1, 0.15) is 42.7 Å². The molecule has 1 rings (SSSR count). The van der Waals surface area contributed by atoms with E-state index in [9.17, 15) is 35.4 Å². The van der Waals surface area contributed by atoms with Crippen molar-refractivity contribution in [3.8, 4) is 0 Å². The fraction of sp³-hybridized carbons (Fsp3) is 0.917. The maximum absolute atomic E-state index is 10.7. The predicted molar refractivity (Wildman–Crippen MR) is 71.4 cm³/mol. The Balaban J connectivity index is 2.94. The molecule has 0 saturated carbocycles. The Hall–Kier alpha value is -0.930. The standard InChI is InChI=1S/C12H22O12/c13-1-3(15)10(7(18)8(19)11(21)22)24-12-9(20)6(17)5(16)4(2-14)23-12/h3-10,12-20H,1-2H2,(H,21,22)/t3-,4+,5+,6-,7-,8-,9-,10-,12+/m1/s1. The highest BCUT2D eigenvalue weighted by molar-refractivity contribution is 5.72. The first-order valence-corrected chi connectivity index (χ1v) is 6.99. The van der Waals surface area contributed by atoms with Gasteiger partial charge in [-0.25, -0.2) is 4.79 Å². The van der Waals surface area contributed by atoms with Crippen molar-refractivity contribution in [1.29, 1.82) is 0 Å². The van der Waals surface area contributed by atoms with E-state index >= 15 is 0 Å². The second-order valence-electron chi connectivity index (χ2n) is 5.32. The van der Waals surface area contributed by atoms with Gasteiger partial charge in [-0.05, 0) is 0 Å². The molecule has 12 nitrogen and oxygen atoms in total. The first-order valence-electron chi connectivity index (χ1n) is 6.99. The van der Waals surface area contributed by atoms with Crippen LogP contribution in [0.1, 0.15) is 0 Å². The summed E-state index contributed by atoms with van der Waals surface area (Å²) < 4.78 is 9.98. The molecule has 0 aromatic heterocycles. The van der Waals surface area contributed by atoms with Crippen molar-refractivity contribution in [3.05, 3.63) is 0 Å². The van der Waals surface area contributed by atoms with E-state index < -0.39 is 74.3 Å². The molecule has 0 spiro atoms. The van der Waals surface area contributed by atoms with Crippen LogP contribution in [-0.4, -0.2) is 120 Å². The van der Waals surface area contributed by atoms with Crippen LogP contribution < -0.4 is 0 Å². The molecule has 0 unspecified atom stereocenters. The Morgan fingerprint density at radius 3 is 2.08 bits per heavy atom. The number of ether oxygens (including phenoxy) is 2. The van der Waals surface area contributed by atoms with Gasteiger partial charge < -0.3 is 55.4 Å². The van der Waals surface area contributed by atoms with Gasteiger partial charge in [0.25, 0.3) is 0 Å². The SMILES string of the molecule is O=C(O)[C@H](O)[C@@H](O)[C@H](O[C@@H]1O[C@@H](CO)[C@H](O)[C@@H](O)[C@H]1O)[C@H](O)CO. The summed E-state index contributed by atoms with van der Waals surface area (Å²) in [7, 11) is 0. The van der Waals surface area contributed by atoms with E-state index in [2.05, 4.69) is 0 Å². The molecule has 0 bridgehead atoms. The van der Waals surface area contributed by atoms with Gasteiger partial charge in [0.15, 0.2) is 12.4 Å².